The van der Waals surface area contributed by atoms with Crippen LogP contribution in [0.1, 0.15) is 40.5 Å². The maximum absolute atomic E-state index is 11.8. The van der Waals surface area contributed by atoms with Crippen LogP contribution in [-0.2, 0) is 23.7 Å². The third-order valence-corrected chi connectivity index (χ3v) is 6.44. The lowest BCUT2D eigenvalue weighted by Gasteiger charge is -2.61. The Morgan fingerprint density at radius 3 is 2.52 bits per heavy atom. The fourth-order valence-electron chi connectivity index (χ4n) is 5.45. The minimum Gasteiger partial charge on any atom is -0.459 e. The van der Waals surface area contributed by atoms with Crippen molar-refractivity contribution in [1.82, 2.24) is 0 Å². The minimum absolute atomic E-state index is 0.0451. The summed E-state index contributed by atoms with van der Waals surface area (Å²) in [5.74, 6) is -0.520. The lowest BCUT2D eigenvalue weighted by Crippen LogP contribution is -2.68. The smallest absolute Gasteiger partial charge is 0.303 e. The summed E-state index contributed by atoms with van der Waals surface area (Å²) in [5.41, 5.74) is 0.137. The zero-order valence-corrected chi connectivity index (χ0v) is 15.9. The predicted molar refractivity (Wildman–Crippen MR) is 90.7 cm³/mol. The topological polar surface area (TPSA) is 74.2 Å². The van der Waals surface area contributed by atoms with Crippen molar-refractivity contribution < 1.29 is 28.8 Å². The zero-order chi connectivity index (χ0) is 18.6. The zero-order valence-electron chi connectivity index (χ0n) is 15.9. The maximum atomic E-state index is 11.8. The number of hydrogen-bond acceptors (Lipinski definition) is 6. The van der Waals surface area contributed by atoms with Gasteiger partial charge in [0.2, 0.25) is 0 Å². The average Bonchev–Trinajstić information content (AvgIpc) is 2.77. The molecule has 2 aliphatic carbocycles. The molecule has 0 unspecified atom stereocenters. The molecule has 3 rings (SSSR count). The summed E-state index contributed by atoms with van der Waals surface area (Å²) in [6, 6.07) is 0. The summed E-state index contributed by atoms with van der Waals surface area (Å²) in [6.07, 6.45) is 1.41. The van der Waals surface area contributed by atoms with Crippen LogP contribution in [0.4, 0.5) is 0 Å². The van der Waals surface area contributed by atoms with Crippen LogP contribution >= 0.6 is 0 Å². The molecule has 0 amide bonds. The lowest BCUT2D eigenvalue weighted by atomic mass is 9.47. The van der Waals surface area contributed by atoms with E-state index in [1.54, 1.807) is 14.2 Å². The SMILES string of the molecule is CO[C@H]1[C@@H]2[C@@H](O)O[C@]3([C@H](OC(C)=O)C/C(C)=C\[C@@H]1OC)[C@H]2CC3(C)C. The molecular formula is C19H30O6. The molecule has 6 nitrogen and oxygen atoms in total. The van der Waals surface area contributed by atoms with Crippen LogP contribution in [0.25, 0.3) is 0 Å². The Morgan fingerprint density at radius 2 is 2.00 bits per heavy atom. The van der Waals surface area contributed by atoms with Gasteiger partial charge in [-0.05, 0) is 18.8 Å². The van der Waals surface area contributed by atoms with Gasteiger partial charge in [0.25, 0.3) is 0 Å². The number of aliphatic hydroxyl groups is 1. The van der Waals surface area contributed by atoms with Crippen LogP contribution in [0.3, 0.4) is 0 Å². The highest BCUT2D eigenvalue weighted by Gasteiger charge is 2.75. The monoisotopic (exact) mass is 354 g/mol. The third kappa shape index (κ3) is 2.65. The van der Waals surface area contributed by atoms with Gasteiger partial charge < -0.3 is 24.1 Å². The fraction of sp³-hybridized carbons (Fsp3) is 0.842. The Labute approximate surface area is 149 Å². The van der Waals surface area contributed by atoms with Crippen molar-refractivity contribution >= 4 is 5.97 Å². The first-order valence-electron chi connectivity index (χ1n) is 8.94. The molecule has 25 heavy (non-hydrogen) atoms. The van der Waals surface area contributed by atoms with Crippen LogP contribution < -0.4 is 0 Å². The fourth-order valence-corrected chi connectivity index (χ4v) is 5.45. The van der Waals surface area contributed by atoms with Crippen molar-refractivity contribution in [2.24, 2.45) is 17.3 Å². The van der Waals surface area contributed by atoms with Gasteiger partial charge in [0.05, 0.1) is 6.10 Å². The highest BCUT2D eigenvalue weighted by molar-refractivity contribution is 5.66. The Hall–Kier alpha value is -0.950. The van der Waals surface area contributed by atoms with Crippen molar-refractivity contribution in [3.8, 4) is 0 Å². The van der Waals surface area contributed by atoms with Crippen molar-refractivity contribution in [3.05, 3.63) is 11.6 Å². The normalized spacial score (nSPS) is 47.4. The lowest BCUT2D eigenvalue weighted by molar-refractivity contribution is -0.276. The Balaban J connectivity index is 2.11. The van der Waals surface area contributed by atoms with E-state index in [0.717, 1.165) is 12.0 Å². The molecule has 0 aromatic heterocycles. The summed E-state index contributed by atoms with van der Waals surface area (Å²) in [6.45, 7) is 7.65. The second-order valence-electron chi connectivity index (χ2n) is 8.29. The van der Waals surface area contributed by atoms with Gasteiger partial charge in [-0.1, -0.05) is 25.5 Å². The van der Waals surface area contributed by atoms with E-state index in [0.29, 0.717) is 6.42 Å². The van der Waals surface area contributed by atoms with E-state index < -0.39 is 18.0 Å². The molecule has 0 aromatic rings. The van der Waals surface area contributed by atoms with Crippen molar-refractivity contribution in [2.75, 3.05) is 14.2 Å². The van der Waals surface area contributed by atoms with Gasteiger partial charge >= 0.3 is 5.97 Å². The minimum atomic E-state index is -0.973. The van der Waals surface area contributed by atoms with E-state index in [2.05, 4.69) is 13.8 Å². The van der Waals surface area contributed by atoms with E-state index >= 15 is 0 Å². The number of aliphatic hydroxyl groups excluding tert-OH is 1. The Bertz CT molecular complexity index is 570. The predicted octanol–water partition coefficient (Wildman–Crippen LogP) is 2.05. The molecule has 6 heteroatoms. The standard InChI is InChI=1S/C19H30O6/c1-10-7-13(22-5)16(23-6)15-12-9-18(3,4)19(12,25-17(15)21)14(8-10)24-11(2)20/h7,12-17,21H,8-9H2,1-6H3/b10-7-/t12-,13-,14+,15+,16+,17-,19-/m0/s1. The number of esters is 1. The number of methoxy groups -OCH3 is 2. The maximum Gasteiger partial charge on any atom is 0.303 e. The third-order valence-electron chi connectivity index (χ3n) is 6.44. The van der Waals surface area contributed by atoms with Gasteiger partial charge in [-0.15, -0.1) is 0 Å². The van der Waals surface area contributed by atoms with Crippen molar-refractivity contribution in [3.63, 3.8) is 0 Å². The van der Waals surface area contributed by atoms with E-state index in [1.165, 1.54) is 6.92 Å². The van der Waals surface area contributed by atoms with Gasteiger partial charge in [-0.25, -0.2) is 0 Å². The van der Waals surface area contributed by atoms with Gasteiger partial charge in [-0.2, -0.15) is 0 Å². The van der Waals surface area contributed by atoms with Crippen LogP contribution in [-0.4, -0.2) is 55.5 Å². The molecule has 2 fully saturated rings. The first-order chi connectivity index (χ1) is 11.7. The average molecular weight is 354 g/mol. The molecule has 0 spiro atoms. The van der Waals surface area contributed by atoms with Gasteiger partial charge in [-0.3, -0.25) is 4.79 Å². The van der Waals surface area contributed by atoms with Gasteiger partial charge in [0.15, 0.2) is 6.29 Å². The first-order valence-corrected chi connectivity index (χ1v) is 8.94. The molecule has 2 bridgehead atoms. The number of rotatable bonds is 3. The molecule has 1 saturated heterocycles. The second-order valence-corrected chi connectivity index (χ2v) is 8.29. The number of hydrogen-bond donors (Lipinski definition) is 1. The molecule has 142 valence electrons. The van der Waals surface area contributed by atoms with Crippen LogP contribution in [0.15, 0.2) is 11.6 Å². The van der Waals surface area contributed by atoms with Crippen molar-refractivity contribution in [2.45, 2.75) is 70.7 Å². The largest absolute Gasteiger partial charge is 0.459 e. The van der Waals surface area contributed by atoms with E-state index in [1.807, 2.05) is 13.0 Å². The Morgan fingerprint density at radius 1 is 1.32 bits per heavy atom. The number of carbonyl (C=O) groups is 1. The van der Waals surface area contributed by atoms with Gasteiger partial charge in [0, 0.05) is 39.4 Å². The summed E-state index contributed by atoms with van der Waals surface area (Å²) in [7, 11) is 3.28. The highest BCUT2D eigenvalue weighted by atomic mass is 16.7. The summed E-state index contributed by atoms with van der Waals surface area (Å²) in [5, 5.41) is 10.8. The first kappa shape index (κ1) is 18.8. The molecule has 1 N–H and O–H groups in total. The van der Waals surface area contributed by atoms with Crippen LogP contribution in [0, 0.1) is 17.3 Å². The molecule has 3 aliphatic rings. The molecular weight excluding hydrogens is 324 g/mol. The van der Waals surface area contributed by atoms with E-state index in [-0.39, 0.29) is 35.4 Å². The van der Waals surface area contributed by atoms with E-state index in [4.69, 9.17) is 18.9 Å². The Kier molecular flexibility index (Phi) is 4.77. The van der Waals surface area contributed by atoms with Crippen LogP contribution in [0.2, 0.25) is 0 Å². The quantitative estimate of drug-likeness (QED) is 0.618. The van der Waals surface area contributed by atoms with E-state index in [9.17, 15) is 9.90 Å². The number of carbonyl (C=O) groups excluding carboxylic acids is 1. The molecule has 1 aliphatic heterocycles. The van der Waals surface area contributed by atoms with Crippen molar-refractivity contribution in [1.29, 1.82) is 0 Å². The second kappa shape index (κ2) is 6.34. The highest BCUT2D eigenvalue weighted by Crippen LogP contribution is 2.67. The molecule has 0 aromatic carbocycles. The van der Waals surface area contributed by atoms with Crippen LogP contribution in [0.5, 0.6) is 0 Å². The van der Waals surface area contributed by atoms with Gasteiger partial charge in [0.1, 0.15) is 17.8 Å². The molecule has 7 atom stereocenters. The summed E-state index contributed by atoms with van der Waals surface area (Å²) >= 11 is 0. The molecule has 0 radical (unpaired) electrons. The number of ether oxygens (including phenoxy) is 4. The molecule has 1 saturated carbocycles. The summed E-state index contributed by atoms with van der Waals surface area (Å²) < 4.78 is 23.3. The summed E-state index contributed by atoms with van der Waals surface area (Å²) in [4.78, 5) is 11.8. The molecule has 1 heterocycles.